The molecule has 0 aromatic rings. The van der Waals surface area contributed by atoms with Crippen LogP contribution in [0, 0.1) is 0 Å². The van der Waals surface area contributed by atoms with Crippen molar-refractivity contribution in [1.82, 2.24) is 0 Å². The Balaban J connectivity index is 0. The van der Waals surface area contributed by atoms with E-state index in [2.05, 4.69) is 0 Å². The third-order valence-electron chi connectivity index (χ3n) is 0. The van der Waals surface area contributed by atoms with Gasteiger partial charge in [0.2, 0.25) is 0 Å². The van der Waals surface area contributed by atoms with E-state index in [1.54, 1.807) is 0 Å². The van der Waals surface area contributed by atoms with Crippen LogP contribution < -0.4 is 99.3 Å². The van der Waals surface area contributed by atoms with Gasteiger partial charge in [0.1, 0.15) is 0 Å². The first-order valence-electron chi connectivity index (χ1n) is 0. The molecule has 0 bridgehead atoms. The van der Waals surface area contributed by atoms with Crippen LogP contribution in [0.3, 0.4) is 0 Å². The van der Waals surface area contributed by atoms with Crippen molar-refractivity contribution in [1.29, 1.82) is 0 Å². The van der Waals surface area contributed by atoms with Crippen molar-refractivity contribution >= 4 is 23.1 Å². The van der Waals surface area contributed by atoms with Gasteiger partial charge >= 0.3 is 74.4 Å². The molecule has 0 rings (SSSR count). The third-order valence-corrected chi connectivity index (χ3v) is 0. The summed E-state index contributed by atoms with van der Waals surface area (Å²) in [5, 5.41) is 0. The Labute approximate surface area is 119 Å². The molecule has 0 N–H and O–H groups in total. The molecule has 0 aliphatic heterocycles. The molecule has 4 heteroatoms. The SMILES string of the molecule is [I-].[I-].[K+].[Mg+2]. The number of hydrogen-bond donors (Lipinski definition) is 0. The van der Waals surface area contributed by atoms with E-state index in [9.17, 15) is 0 Å². The van der Waals surface area contributed by atoms with E-state index in [-0.39, 0.29) is 122 Å². The van der Waals surface area contributed by atoms with Gasteiger partial charge in [-0.25, -0.2) is 0 Å². The van der Waals surface area contributed by atoms with Crippen LogP contribution >= 0.6 is 0 Å². The van der Waals surface area contributed by atoms with Crippen molar-refractivity contribution in [2.75, 3.05) is 0 Å². The molecule has 0 aromatic carbocycles. The van der Waals surface area contributed by atoms with Gasteiger partial charge in [-0.2, -0.15) is 0 Å². The van der Waals surface area contributed by atoms with Crippen molar-refractivity contribution in [3.8, 4) is 0 Å². The normalized spacial score (nSPS) is 0. The Morgan fingerprint density at radius 1 is 0.750 bits per heavy atom. The van der Waals surface area contributed by atoms with Gasteiger partial charge in [0.05, 0.1) is 0 Å². The summed E-state index contributed by atoms with van der Waals surface area (Å²) in [5.74, 6) is 0. The van der Waals surface area contributed by atoms with Gasteiger partial charge in [-0.15, -0.1) is 0 Å². The summed E-state index contributed by atoms with van der Waals surface area (Å²) in [6.45, 7) is 0. The van der Waals surface area contributed by atoms with Crippen molar-refractivity contribution in [3.05, 3.63) is 0 Å². The fourth-order valence-electron chi connectivity index (χ4n) is 0. The summed E-state index contributed by atoms with van der Waals surface area (Å²) in [6, 6.07) is 0. The molecule has 0 unspecified atom stereocenters. The molecule has 0 saturated heterocycles. The zero-order chi connectivity index (χ0) is 0. The maximum atomic E-state index is 0. The van der Waals surface area contributed by atoms with E-state index < -0.39 is 0 Å². The Morgan fingerprint density at radius 2 is 0.750 bits per heavy atom. The predicted molar refractivity (Wildman–Crippen MR) is 5.75 cm³/mol. The van der Waals surface area contributed by atoms with Crippen LogP contribution in [0.25, 0.3) is 0 Å². The molecule has 0 atom stereocenters. The third kappa shape index (κ3) is 9.29. The molecule has 0 aliphatic rings. The predicted octanol–water partition coefficient (Wildman–Crippen LogP) is -9.37. The molecular weight excluding hydrogens is 317 g/mol. The molecule has 0 saturated carbocycles. The Kier molecular flexibility index (Phi) is 98.1. The van der Waals surface area contributed by atoms with Gasteiger partial charge < -0.3 is 48.0 Å². The smallest absolute Gasteiger partial charge is 1.00 e. The van der Waals surface area contributed by atoms with Crippen LogP contribution in [0.5, 0.6) is 0 Å². The maximum Gasteiger partial charge on any atom is 2.00 e. The van der Waals surface area contributed by atoms with Gasteiger partial charge in [0.15, 0.2) is 0 Å². The van der Waals surface area contributed by atoms with E-state index in [0.29, 0.717) is 0 Å². The Morgan fingerprint density at radius 3 is 0.750 bits per heavy atom. The molecular formula is I2KMg+. The number of rotatable bonds is 0. The number of hydrogen-bond acceptors (Lipinski definition) is 0. The minimum Gasteiger partial charge on any atom is -1.00 e. The molecule has 0 heterocycles. The standard InChI is InChI=1S/2HI.K.Mg/h2*1H;;/q;;+1;+2/p-2. The van der Waals surface area contributed by atoms with Crippen LogP contribution in [-0.2, 0) is 0 Å². The molecule has 0 nitrogen and oxygen atoms in total. The Bertz CT molecular complexity index is 6.00. The summed E-state index contributed by atoms with van der Waals surface area (Å²) in [7, 11) is 0. The van der Waals surface area contributed by atoms with Crippen molar-refractivity contribution in [2.24, 2.45) is 0 Å². The quantitative estimate of drug-likeness (QED) is 0.308. The zero-order valence-corrected chi connectivity index (χ0v) is 11.3. The molecule has 4 heavy (non-hydrogen) atoms. The second-order valence-electron chi connectivity index (χ2n) is 0. The van der Waals surface area contributed by atoms with Crippen molar-refractivity contribution < 1.29 is 99.3 Å². The van der Waals surface area contributed by atoms with Crippen molar-refractivity contribution in [3.63, 3.8) is 0 Å². The molecule has 16 valence electrons. The van der Waals surface area contributed by atoms with Gasteiger partial charge in [-0.3, -0.25) is 0 Å². The molecule has 0 spiro atoms. The average molecular weight is 317 g/mol. The van der Waals surface area contributed by atoms with Crippen LogP contribution in [-0.4, -0.2) is 23.1 Å². The average Bonchev–Trinajstić information content (AvgIpc) is 0. The minimum absolute atomic E-state index is 0. The van der Waals surface area contributed by atoms with E-state index in [4.69, 9.17) is 0 Å². The first-order chi connectivity index (χ1) is 0. The zero-order valence-electron chi connectivity index (χ0n) is 2.46. The Hall–Kier alpha value is 3.86. The maximum absolute atomic E-state index is 0. The van der Waals surface area contributed by atoms with E-state index in [0.717, 1.165) is 0 Å². The molecule has 0 aliphatic carbocycles. The van der Waals surface area contributed by atoms with Gasteiger partial charge in [0, 0.05) is 0 Å². The van der Waals surface area contributed by atoms with Gasteiger partial charge in [0.25, 0.3) is 0 Å². The molecule has 0 aromatic heterocycles. The topological polar surface area (TPSA) is 0 Å². The van der Waals surface area contributed by atoms with E-state index in [1.807, 2.05) is 0 Å². The van der Waals surface area contributed by atoms with Gasteiger partial charge in [-0.05, 0) is 0 Å². The monoisotopic (exact) mass is 317 g/mol. The fourth-order valence-corrected chi connectivity index (χ4v) is 0. The second-order valence-corrected chi connectivity index (χ2v) is 0. The van der Waals surface area contributed by atoms with Crippen LogP contribution in [0.1, 0.15) is 0 Å². The van der Waals surface area contributed by atoms with Crippen LogP contribution in [0.4, 0.5) is 0 Å². The molecule has 0 amide bonds. The second kappa shape index (κ2) is 15.8. The summed E-state index contributed by atoms with van der Waals surface area (Å²) in [4.78, 5) is 0. The molecule has 0 fully saturated rings. The fraction of sp³-hybridized carbons (Fsp3) is 0. The first kappa shape index (κ1) is 24.8. The van der Waals surface area contributed by atoms with Gasteiger partial charge in [-0.1, -0.05) is 0 Å². The first-order valence-corrected chi connectivity index (χ1v) is 0. The van der Waals surface area contributed by atoms with E-state index >= 15 is 0 Å². The van der Waals surface area contributed by atoms with E-state index in [1.165, 1.54) is 0 Å². The van der Waals surface area contributed by atoms with Crippen molar-refractivity contribution in [2.45, 2.75) is 0 Å². The summed E-state index contributed by atoms with van der Waals surface area (Å²) in [5.41, 5.74) is 0. The van der Waals surface area contributed by atoms with Crippen LogP contribution in [0.2, 0.25) is 0 Å². The number of halogens is 2. The summed E-state index contributed by atoms with van der Waals surface area (Å²) in [6.07, 6.45) is 0. The minimum atomic E-state index is 0. The summed E-state index contributed by atoms with van der Waals surface area (Å²) < 4.78 is 0. The molecule has 0 radical (unpaired) electrons. The van der Waals surface area contributed by atoms with Crippen LogP contribution in [0.15, 0.2) is 0 Å². The largest absolute Gasteiger partial charge is 2.00 e. The summed E-state index contributed by atoms with van der Waals surface area (Å²) >= 11 is 0.